The molecule has 122 valence electrons. The Bertz CT molecular complexity index is 700. The minimum atomic E-state index is 0.149. The van der Waals surface area contributed by atoms with Gasteiger partial charge in [0.15, 0.2) is 0 Å². The molecule has 1 aromatic heterocycles. The van der Waals surface area contributed by atoms with Gasteiger partial charge in [0.25, 0.3) is 0 Å². The van der Waals surface area contributed by atoms with Gasteiger partial charge in [-0.05, 0) is 48.1 Å². The Balaban J connectivity index is 1.61. The van der Waals surface area contributed by atoms with E-state index in [1.54, 1.807) is 4.90 Å². The summed E-state index contributed by atoms with van der Waals surface area (Å²) in [6, 6.07) is 10.2. The van der Waals surface area contributed by atoms with E-state index in [1.165, 1.54) is 10.4 Å². The fourth-order valence-electron chi connectivity index (χ4n) is 3.07. The molecule has 1 aliphatic rings. The number of carbonyl (C=O) groups is 1. The maximum atomic E-state index is 12.6. The van der Waals surface area contributed by atoms with Gasteiger partial charge in [-0.3, -0.25) is 9.69 Å². The largest absolute Gasteiger partial charge is 0.340 e. The highest BCUT2D eigenvalue weighted by molar-refractivity contribution is 7.10. The van der Waals surface area contributed by atoms with E-state index in [0.717, 1.165) is 18.5 Å². The SMILES string of the molecule is CC1c2ccsc2CCN1CC(=O)N(C)Cc1cccc(Cl)c1. The van der Waals surface area contributed by atoms with Gasteiger partial charge in [0.1, 0.15) is 0 Å². The van der Waals surface area contributed by atoms with Crippen LogP contribution in [-0.4, -0.2) is 35.8 Å². The number of likely N-dealkylation sites (N-methyl/N-ethyl adjacent to an activating group) is 1. The average molecular weight is 349 g/mol. The molecule has 1 aromatic carbocycles. The molecule has 0 aliphatic carbocycles. The fourth-order valence-corrected chi connectivity index (χ4v) is 4.24. The number of rotatable bonds is 4. The second-order valence-corrected chi connectivity index (χ2v) is 7.51. The number of benzene rings is 1. The Labute approximate surface area is 146 Å². The second-order valence-electron chi connectivity index (χ2n) is 6.08. The topological polar surface area (TPSA) is 23.6 Å². The molecule has 1 aliphatic heterocycles. The maximum Gasteiger partial charge on any atom is 0.236 e. The minimum Gasteiger partial charge on any atom is -0.340 e. The Morgan fingerprint density at radius 2 is 2.26 bits per heavy atom. The highest BCUT2D eigenvalue weighted by Crippen LogP contribution is 2.32. The van der Waals surface area contributed by atoms with Gasteiger partial charge >= 0.3 is 0 Å². The quantitative estimate of drug-likeness (QED) is 0.834. The number of carbonyl (C=O) groups excluding carboxylic acids is 1. The summed E-state index contributed by atoms with van der Waals surface area (Å²) in [6.07, 6.45) is 1.04. The molecule has 0 saturated carbocycles. The van der Waals surface area contributed by atoms with Crippen LogP contribution in [0.3, 0.4) is 0 Å². The van der Waals surface area contributed by atoms with Gasteiger partial charge in [-0.2, -0.15) is 0 Å². The highest BCUT2D eigenvalue weighted by atomic mass is 35.5. The zero-order chi connectivity index (χ0) is 16.4. The third-order valence-electron chi connectivity index (χ3n) is 4.48. The van der Waals surface area contributed by atoms with E-state index in [1.807, 2.05) is 42.6 Å². The van der Waals surface area contributed by atoms with Gasteiger partial charge in [0, 0.05) is 36.1 Å². The number of amides is 1. The van der Waals surface area contributed by atoms with Crippen LogP contribution in [0.1, 0.15) is 29.0 Å². The van der Waals surface area contributed by atoms with Crippen LogP contribution in [-0.2, 0) is 17.8 Å². The summed E-state index contributed by atoms with van der Waals surface area (Å²) in [5, 5.41) is 2.86. The Kier molecular flexibility index (Phi) is 5.05. The van der Waals surface area contributed by atoms with Crippen LogP contribution in [0.5, 0.6) is 0 Å². The van der Waals surface area contributed by atoms with Crippen molar-refractivity contribution in [2.45, 2.75) is 25.9 Å². The lowest BCUT2D eigenvalue weighted by Crippen LogP contribution is -2.41. The molecule has 2 aromatic rings. The molecule has 3 rings (SSSR count). The van der Waals surface area contributed by atoms with Crippen molar-refractivity contribution in [1.82, 2.24) is 9.80 Å². The van der Waals surface area contributed by atoms with Crippen molar-refractivity contribution in [1.29, 1.82) is 0 Å². The molecule has 0 saturated heterocycles. The molecule has 2 heterocycles. The number of hydrogen-bond donors (Lipinski definition) is 0. The predicted molar refractivity (Wildman–Crippen MR) is 95.9 cm³/mol. The van der Waals surface area contributed by atoms with Crippen molar-refractivity contribution in [3.63, 3.8) is 0 Å². The summed E-state index contributed by atoms with van der Waals surface area (Å²) in [5.41, 5.74) is 2.44. The van der Waals surface area contributed by atoms with Crippen LogP contribution in [0.25, 0.3) is 0 Å². The third-order valence-corrected chi connectivity index (χ3v) is 5.71. The molecule has 0 radical (unpaired) electrons. The van der Waals surface area contributed by atoms with Gasteiger partial charge in [0.2, 0.25) is 5.91 Å². The first kappa shape index (κ1) is 16.5. The average Bonchev–Trinajstić information content (AvgIpc) is 2.99. The van der Waals surface area contributed by atoms with Gasteiger partial charge in [-0.25, -0.2) is 0 Å². The molecule has 5 heteroatoms. The molecule has 1 unspecified atom stereocenters. The van der Waals surface area contributed by atoms with Crippen LogP contribution >= 0.6 is 22.9 Å². The van der Waals surface area contributed by atoms with Gasteiger partial charge in [-0.15, -0.1) is 11.3 Å². The van der Waals surface area contributed by atoms with Crippen molar-refractivity contribution in [3.05, 3.63) is 56.7 Å². The van der Waals surface area contributed by atoms with Crippen molar-refractivity contribution in [3.8, 4) is 0 Å². The molecule has 0 fully saturated rings. The van der Waals surface area contributed by atoms with E-state index in [4.69, 9.17) is 11.6 Å². The molecule has 1 atom stereocenters. The monoisotopic (exact) mass is 348 g/mol. The van der Waals surface area contributed by atoms with Gasteiger partial charge in [-0.1, -0.05) is 23.7 Å². The van der Waals surface area contributed by atoms with E-state index in [0.29, 0.717) is 24.2 Å². The number of halogens is 1. The van der Waals surface area contributed by atoms with Crippen molar-refractivity contribution in [2.24, 2.45) is 0 Å². The van der Waals surface area contributed by atoms with E-state index < -0.39 is 0 Å². The van der Waals surface area contributed by atoms with E-state index in [9.17, 15) is 4.79 Å². The first-order chi connectivity index (χ1) is 11.0. The standard InChI is InChI=1S/C18H21ClN2OS/c1-13-16-7-9-23-17(16)6-8-21(13)12-18(22)20(2)11-14-4-3-5-15(19)10-14/h3-5,7,9-10,13H,6,8,11-12H2,1-2H3. The molecule has 0 bridgehead atoms. The number of nitrogens with zero attached hydrogens (tertiary/aromatic N) is 2. The summed E-state index contributed by atoms with van der Waals surface area (Å²) >= 11 is 7.83. The van der Waals surface area contributed by atoms with E-state index in [-0.39, 0.29) is 5.91 Å². The smallest absolute Gasteiger partial charge is 0.236 e. The number of thiophene rings is 1. The lowest BCUT2D eigenvalue weighted by Gasteiger charge is -2.34. The summed E-state index contributed by atoms with van der Waals surface area (Å²) in [7, 11) is 1.86. The van der Waals surface area contributed by atoms with Crippen LogP contribution in [0.15, 0.2) is 35.7 Å². The van der Waals surface area contributed by atoms with E-state index >= 15 is 0 Å². The maximum absolute atomic E-state index is 12.6. The lowest BCUT2D eigenvalue weighted by atomic mass is 10.0. The molecule has 23 heavy (non-hydrogen) atoms. The molecule has 0 spiro atoms. The first-order valence-corrected chi connectivity index (χ1v) is 9.09. The number of hydrogen-bond acceptors (Lipinski definition) is 3. The Morgan fingerprint density at radius 3 is 3.04 bits per heavy atom. The fraction of sp³-hybridized carbons (Fsp3) is 0.389. The number of fused-ring (bicyclic) bond motifs is 1. The molecular formula is C18H21ClN2OS. The van der Waals surface area contributed by atoms with Crippen molar-refractivity contribution < 1.29 is 4.79 Å². The second kappa shape index (κ2) is 7.04. The van der Waals surface area contributed by atoms with Gasteiger partial charge < -0.3 is 4.90 Å². The zero-order valence-electron chi connectivity index (χ0n) is 13.5. The Hall–Kier alpha value is -1.36. The molecule has 0 N–H and O–H groups in total. The van der Waals surface area contributed by atoms with Crippen molar-refractivity contribution in [2.75, 3.05) is 20.1 Å². The minimum absolute atomic E-state index is 0.149. The summed E-state index contributed by atoms with van der Waals surface area (Å²) in [5.74, 6) is 0.149. The van der Waals surface area contributed by atoms with Crippen LogP contribution in [0, 0.1) is 0 Å². The Morgan fingerprint density at radius 1 is 1.43 bits per heavy atom. The highest BCUT2D eigenvalue weighted by Gasteiger charge is 2.26. The predicted octanol–water partition coefficient (Wildman–Crippen LogP) is 3.98. The first-order valence-electron chi connectivity index (χ1n) is 7.83. The summed E-state index contributed by atoms with van der Waals surface area (Å²) < 4.78 is 0. The zero-order valence-corrected chi connectivity index (χ0v) is 15.0. The molecule has 1 amide bonds. The van der Waals surface area contributed by atoms with Crippen LogP contribution in [0.2, 0.25) is 5.02 Å². The van der Waals surface area contributed by atoms with Crippen LogP contribution < -0.4 is 0 Å². The molecule has 3 nitrogen and oxygen atoms in total. The van der Waals surface area contributed by atoms with Gasteiger partial charge in [0.05, 0.1) is 6.54 Å². The lowest BCUT2D eigenvalue weighted by molar-refractivity contribution is -0.132. The van der Waals surface area contributed by atoms with Crippen LogP contribution in [0.4, 0.5) is 0 Å². The normalized spacial score (nSPS) is 17.8. The molecular weight excluding hydrogens is 328 g/mol. The van der Waals surface area contributed by atoms with E-state index in [2.05, 4.69) is 23.3 Å². The third kappa shape index (κ3) is 3.77. The van der Waals surface area contributed by atoms with Crippen molar-refractivity contribution >= 4 is 28.8 Å². The summed E-state index contributed by atoms with van der Waals surface area (Å²) in [4.78, 5) is 18.1. The summed E-state index contributed by atoms with van der Waals surface area (Å²) in [6.45, 7) is 4.19.